The van der Waals surface area contributed by atoms with Crippen molar-refractivity contribution >= 4 is 11.6 Å². The number of ketones is 2. The second kappa shape index (κ2) is 10.8. The first-order valence-corrected chi connectivity index (χ1v) is 9.01. The molecule has 0 unspecified atom stereocenters. The highest BCUT2D eigenvalue weighted by Crippen LogP contribution is 2.23. The third-order valence-corrected chi connectivity index (χ3v) is 3.66. The third-order valence-electron chi connectivity index (χ3n) is 3.66. The molecule has 0 rings (SSSR count). The van der Waals surface area contributed by atoms with E-state index in [0.29, 0.717) is 18.1 Å². The molecule has 23 heavy (non-hydrogen) atoms. The molecule has 0 saturated carbocycles. The summed E-state index contributed by atoms with van der Waals surface area (Å²) in [5, 5.41) is 0. The van der Waals surface area contributed by atoms with Gasteiger partial charge in [-0.2, -0.15) is 0 Å². The Bertz CT molecular complexity index is 374. The Labute approximate surface area is 145 Å². The summed E-state index contributed by atoms with van der Waals surface area (Å²) in [4.78, 5) is 22.9. The van der Waals surface area contributed by atoms with E-state index in [9.17, 15) is 9.59 Å². The van der Waals surface area contributed by atoms with Crippen LogP contribution in [0, 0.1) is 16.7 Å². The van der Waals surface area contributed by atoms with E-state index in [1.807, 2.05) is 6.92 Å². The van der Waals surface area contributed by atoms with Crippen LogP contribution < -0.4 is 0 Å². The van der Waals surface area contributed by atoms with Crippen LogP contribution >= 0.6 is 0 Å². The van der Waals surface area contributed by atoms with Gasteiger partial charge in [0.15, 0.2) is 5.78 Å². The molecule has 0 fully saturated rings. The first-order valence-electron chi connectivity index (χ1n) is 9.01. The molecule has 0 heterocycles. The summed E-state index contributed by atoms with van der Waals surface area (Å²) in [6, 6.07) is 0. The summed E-state index contributed by atoms with van der Waals surface area (Å²) in [5.41, 5.74) is 0.995. The Morgan fingerprint density at radius 2 is 1.22 bits per heavy atom. The summed E-state index contributed by atoms with van der Waals surface area (Å²) in [6.45, 7) is 22.4. The van der Waals surface area contributed by atoms with Gasteiger partial charge in [-0.1, -0.05) is 68.9 Å². The first-order chi connectivity index (χ1) is 10.3. The molecule has 0 N–H and O–H groups in total. The van der Waals surface area contributed by atoms with E-state index in [1.54, 1.807) is 0 Å². The zero-order valence-corrected chi connectivity index (χ0v) is 17.1. The number of carbonyl (C=O) groups excluding carboxylic acids is 2. The van der Waals surface area contributed by atoms with Crippen molar-refractivity contribution in [2.45, 2.75) is 94.4 Å². The van der Waals surface area contributed by atoms with Crippen molar-refractivity contribution < 1.29 is 9.59 Å². The molecule has 2 nitrogen and oxygen atoms in total. The minimum Gasteiger partial charge on any atom is -0.299 e. The van der Waals surface area contributed by atoms with Crippen LogP contribution in [0.4, 0.5) is 0 Å². The van der Waals surface area contributed by atoms with E-state index in [0.717, 1.165) is 31.3 Å². The molecular weight excluding hydrogens is 284 g/mol. The molecule has 0 atom stereocenters. The normalized spacial score (nSPS) is 11.7. The van der Waals surface area contributed by atoms with Gasteiger partial charge in [0.2, 0.25) is 0 Å². The minimum atomic E-state index is 0.0925. The molecule has 0 radical (unpaired) electrons. The topological polar surface area (TPSA) is 34.1 Å². The van der Waals surface area contributed by atoms with E-state index in [-0.39, 0.29) is 16.6 Å². The van der Waals surface area contributed by atoms with Crippen molar-refractivity contribution in [2.75, 3.05) is 0 Å². The quantitative estimate of drug-likeness (QED) is 0.509. The van der Waals surface area contributed by atoms with Crippen LogP contribution in [0.5, 0.6) is 0 Å². The van der Waals surface area contributed by atoms with E-state index in [1.165, 1.54) is 0 Å². The van der Waals surface area contributed by atoms with E-state index < -0.39 is 0 Å². The van der Waals surface area contributed by atoms with Crippen molar-refractivity contribution in [3.8, 4) is 0 Å². The van der Waals surface area contributed by atoms with Gasteiger partial charge in [-0.05, 0) is 35.7 Å². The Morgan fingerprint density at radius 3 is 1.48 bits per heavy atom. The molecule has 0 aliphatic rings. The number of hydrogen-bond donors (Lipinski definition) is 0. The van der Waals surface area contributed by atoms with Gasteiger partial charge in [0.05, 0.1) is 0 Å². The monoisotopic (exact) mass is 324 g/mol. The van der Waals surface area contributed by atoms with Gasteiger partial charge in [-0.25, -0.2) is 0 Å². The van der Waals surface area contributed by atoms with E-state index in [2.05, 4.69) is 62.0 Å². The van der Waals surface area contributed by atoms with E-state index in [4.69, 9.17) is 0 Å². The van der Waals surface area contributed by atoms with Gasteiger partial charge in [0.25, 0.3) is 0 Å². The molecule has 0 saturated heterocycles. The average molecular weight is 325 g/mol. The molecule has 0 spiro atoms. The SMILES string of the molecule is C=C(CC)C(=O)CC(C)(C)C.CCC(CC)C(=O)CC(C)(C)C. The molecule has 0 aliphatic heterocycles. The number of carbonyl (C=O) groups is 2. The lowest BCUT2D eigenvalue weighted by Crippen LogP contribution is -2.19. The van der Waals surface area contributed by atoms with Crippen molar-refractivity contribution in [3.63, 3.8) is 0 Å². The van der Waals surface area contributed by atoms with Crippen LogP contribution in [0.2, 0.25) is 0 Å². The fraction of sp³-hybridized carbons (Fsp3) is 0.810. The predicted octanol–water partition coefficient (Wildman–Crippen LogP) is 6.39. The number of allylic oxidation sites excluding steroid dienone is 1. The second-order valence-corrected chi connectivity index (χ2v) is 8.83. The summed E-state index contributed by atoms with van der Waals surface area (Å²) in [5.74, 6) is 0.941. The summed E-state index contributed by atoms with van der Waals surface area (Å²) >= 11 is 0. The van der Waals surface area contributed by atoms with Crippen LogP contribution in [0.25, 0.3) is 0 Å². The number of rotatable bonds is 7. The van der Waals surface area contributed by atoms with Crippen LogP contribution in [-0.4, -0.2) is 11.6 Å². The lowest BCUT2D eigenvalue weighted by molar-refractivity contribution is -0.124. The van der Waals surface area contributed by atoms with Crippen LogP contribution in [0.15, 0.2) is 12.2 Å². The van der Waals surface area contributed by atoms with Crippen LogP contribution in [-0.2, 0) is 9.59 Å². The Kier molecular flexibility index (Phi) is 11.4. The Balaban J connectivity index is 0. The molecule has 2 heteroatoms. The van der Waals surface area contributed by atoms with Gasteiger partial charge in [0.1, 0.15) is 5.78 Å². The van der Waals surface area contributed by atoms with Crippen molar-refractivity contribution in [1.29, 1.82) is 0 Å². The minimum absolute atomic E-state index is 0.0925. The van der Waals surface area contributed by atoms with Gasteiger partial charge in [0, 0.05) is 18.8 Å². The predicted molar refractivity (Wildman–Crippen MR) is 102 cm³/mol. The zero-order valence-electron chi connectivity index (χ0n) is 17.1. The standard InChI is InChI=1S/C11H22O.C10H18O/c1-6-9(7-2)10(12)8-11(3,4)5;1-6-8(2)9(11)7-10(3,4)5/h9H,6-8H2,1-5H3;2,6-7H2,1,3-5H3. The van der Waals surface area contributed by atoms with Crippen molar-refractivity contribution in [1.82, 2.24) is 0 Å². The lowest BCUT2D eigenvalue weighted by Gasteiger charge is -2.20. The lowest BCUT2D eigenvalue weighted by atomic mass is 9.84. The highest BCUT2D eigenvalue weighted by molar-refractivity contribution is 5.94. The van der Waals surface area contributed by atoms with E-state index >= 15 is 0 Å². The maximum atomic E-state index is 11.6. The Hall–Kier alpha value is -0.920. The van der Waals surface area contributed by atoms with Crippen molar-refractivity contribution in [3.05, 3.63) is 12.2 Å². The molecule has 0 aromatic carbocycles. The number of hydrogen-bond acceptors (Lipinski definition) is 2. The fourth-order valence-corrected chi connectivity index (χ4v) is 2.21. The Morgan fingerprint density at radius 1 is 0.826 bits per heavy atom. The third kappa shape index (κ3) is 14.4. The summed E-state index contributed by atoms with van der Waals surface area (Å²) in [7, 11) is 0. The largest absolute Gasteiger partial charge is 0.299 e. The summed E-state index contributed by atoms with van der Waals surface area (Å²) < 4.78 is 0. The van der Waals surface area contributed by atoms with Crippen LogP contribution in [0.3, 0.4) is 0 Å². The van der Waals surface area contributed by atoms with Gasteiger partial charge in [-0.3, -0.25) is 9.59 Å². The maximum Gasteiger partial charge on any atom is 0.158 e. The zero-order chi connectivity index (χ0) is 18.8. The van der Waals surface area contributed by atoms with Gasteiger partial charge < -0.3 is 0 Å². The smallest absolute Gasteiger partial charge is 0.158 e. The van der Waals surface area contributed by atoms with Crippen LogP contribution in [0.1, 0.15) is 94.4 Å². The van der Waals surface area contributed by atoms with Gasteiger partial charge in [-0.15, -0.1) is 0 Å². The second-order valence-electron chi connectivity index (χ2n) is 8.83. The molecular formula is C21H40O2. The molecule has 0 bridgehead atoms. The molecule has 0 aliphatic carbocycles. The maximum absolute atomic E-state index is 11.6. The van der Waals surface area contributed by atoms with Crippen molar-refractivity contribution in [2.24, 2.45) is 16.7 Å². The fourth-order valence-electron chi connectivity index (χ4n) is 2.21. The molecule has 0 aromatic rings. The number of Topliss-reactive ketones (excluding diaryl/α,β-unsaturated/α-hetero) is 2. The average Bonchev–Trinajstić information content (AvgIpc) is 2.35. The first kappa shape index (κ1) is 24.3. The highest BCUT2D eigenvalue weighted by atomic mass is 16.1. The molecule has 0 amide bonds. The van der Waals surface area contributed by atoms with Gasteiger partial charge >= 0.3 is 0 Å². The molecule has 0 aromatic heterocycles. The molecule has 136 valence electrons. The highest BCUT2D eigenvalue weighted by Gasteiger charge is 2.21. The summed E-state index contributed by atoms with van der Waals surface area (Å²) in [6.07, 6.45) is 4.09.